The number of thiocarbonyl (C=S) groups is 1. The molecule has 0 radical (unpaired) electrons. The zero-order valence-corrected chi connectivity index (χ0v) is 16.8. The number of nitrogens with zero attached hydrogens (tertiary/aromatic N) is 1. The number of ketones is 1. The van der Waals surface area contributed by atoms with Crippen LogP contribution in [0.15, 0.2) is 65.9 Å². The van der Waals surface area contributed by atoms with Crippen molar-refractivity contribution in [3.63, 3.8) is 0 Å². The number of allylic oxidation sites excluding steroid dienone is 1. The summed E-state index contributed by atoms with van der Waals surface area (Å²) < 4.78 is 5.88. The maximum atomic E-state index is 12.7. The molecule has 5 heteroatoms. The number of hydrogen-bond acceptors (Lipinski definition) is 3. The van der Waals surface area contributed by atoms with Crippen molar-refractivity contribution in [1.82, 2.24) is 10.2 Å². The molecule has 2 aromatic carbocycles. The second-order valence-electron chi connectivity index (χ2n) is 7.11. The van der Waals surface area contributed by atoms with Crippen LogP contribution in [0.4, 0.5) is 0 Å². The van der Waals surface area contributed by atoms with Crippen molar-refractivity contribution in [2.24, 2.45) is 0 Å². The van der Waals surface area contributed by atoms with Crippen molar-refractivity contribution in [2.45, 2.75) is 38.8 Å². The van der Waals surface area contributed by atoms with Gasteiger partial charge in [-0.15, -0.1) is 0 Å². The lowest BCUT2D eigenvalue weighted by molar-refractivity contribution is -0.116. The summed E-state index contributed by atoms with van der Waals surface area (Å²) in [5.74, 6) is 1.04. The Kier molecular flexibility index (Phi) is 5.44. The fourth-order valence-corrected chi connectivity index (χ4v) is 4.29. The SMILES string of the molecule is CCN1C(=S)NC(c2ccc(OCc3ccccc3)cc2)C2=C1CCCC2=O. The topological polar surface area (TPSA) is 41.6 Å². The van der Waals surface area contributed by atoms with Gasteiger partial charge in [0.2, 0.25) is 0 Å². The van der Waals surface area contributed by atoms with Crippen molar-refractivity contribution in [3.8, 4) is 5.75 Å². The third-order valence-corrected chi connectivity index (χ3v) is 5.67. The minimum atomic E-state index is -0.179. The fourth-order valence-electron chi connectivity index (χ4n) is 3.93. The average molecular weight is 393 g/mol. The van der Waals surface area contributed by atoms with E-state index in [-0.39, 0.29) is 11.8 Å². The summed E-state index contributed by atoms with van der Waals surface area (Å²) in [7, 11) is 0. The van der Waals surface area contributed by atoms with E-state index in [0.29, 0.717) is 18.1 Å². The van der Waals surface area contributed by atoms with Crippen LogP contribution < -0.4 is 10.1 Å². The van der Waals surface area contributed by atoms with Gasteiger partial charge in [-0.1, -0.05) is 42.5 Å². The van der Waals surface area contributed by atoms with E-state index in [1.807, 2.05) is 54.6 Å². The third kappa shape index (κ3) is 3.67. The van der Waals surface area contributed by atoms with E-state index in [0.717, 1.165) is 47.5 Å². The molecule has 0 bridgehead atoms. The lowest BCUT2D eigenvalue weighted by atomic mass is 9.85. The van der Waals surface area contributed by atoms with Crippen molar-refractivity contribution < 1.29 is 9.53 Å². The second-order valence-corrected chi connectivity index (χ2v) is 7.49. The highest BCUT2D eigenvalue weighted by Crippen LogP contribution is 2.37. The first-order valence-corrected chi connectivity index (χ1v) is 10.2. The summed E-state index contributed by atoms with van der Waals surface area (Å²) in [5.41, 5.74) is 4.14. The molecule has 2 aliphatic rings. The van der Waals surface area contributed by atoms with Crippen LogP contribution >= 0.6 is 12.2 Å². The summed E-state index contributed by atoms with van der Waals surface area (Å²) in [5, 5.41) is 4.08. The molecule has 1 N–H and O–H groups in total. The van der Waals surface area contributed by atoms with Gasteiger partial charge in [0.25, 0.3) is 0 Å². The van der Waals surface area contributed by atoms with Crippen LogP contribution in [0.3, 0.4) is 0 Å². The van der Waals surface area contributed by atoms with Gasteiger partial charge in [0, 0.05) is 24.2 Å². The molecule has 1 atom stereocenters. The Morgan fingerprint density at radius 3 is 2.57 bits per heavy atom. The van der Waals surface area contributed by atoms with Crippen LogP contribution in [0.2, 0.25) is 0 Å². The molecule has 1 unspecified atom stereocenters. The zero-order chi connectivity index (χ0) is 19.5. The smallest absolute Gasteiger partial charge is 0.173 e. The van der Waals surface area contributed by atoms with Crippen LogP contribution in [0.5, 0.6) is 5.75 Å². The Morgan fingerprint density at radius 2 is 1.86 bits per heavy atom. The Bertz CT molecular complexity index is 906. The lowest BCUT2D eigenvalue weighted by Gasteiger charge is -2.40. The number of carbonyl (C=O) groups is 1. The molecule has 0 aromatic heterocycles. The maximum Gasteiger partial charge on any atom is 0.173 e. The molecule has 0 saturated carbocycles. The summed E-state index contributed by atoms with van der Waals surface area (Å²) in [6, 6.07) is 17.9. The number of nitrogens with one attached hydrogen (secondary N) is 1. The highest BCUT2D eigenvalue weighted by Gasteiger charge is 2.36. The van der Waals surface area contributed by atoms with Crippen molar-refractivity contribution in [3.05, 3.63) is 77.0 Å². The van der Waals surface area contributed by atoms with Crippen LogP contribution in [0.25, 0.3) is 0 Å². The minimum absolute atomic E-state index is 0.179. The first-order chi connectivity index (χ1) is 13.7. The summed E-state index contributed by atoms with van der Waals surface area (Å²) in [4.78, 5) is 14.8. The average Bonchev–Trinajstić information content (AvgIpc) is 2.73. The second kappa shape index (κ2) is 8.15. The standard InChI is InChI=1S/C23H24N2O2S/c1-2-25-19-9-6-10-20(26)21(19)22(24-23(25)28)17-11-13-18(14-12-17)27-15-16-7-4-3-5-8-16/h3-5,7-8,11-14,22H,2,6,9-10,15H2,1H3,(H,24,28). The molecule has 1 aliphatic heterocycles. The van der Waals surface area contributed by atoms with Gasteiger partial charge in [-0.05, 0) is 55.2 Å². The summed E-state index contributed by atoms with van der Waals surface area (Å²) in [6.45, 7) is 3.37. The van der Waals surface area contributed by atoms with Crippen molar-refractivity contribution in [2.75, 3.05) is 6.54 Å². The minimum Gasteiger partial charge on any atom is -0.489 e. The zero-order valence-electron chi connectivity index (χ0n) is 16.0. The molecule has 4 rings (SSSR count). The molecule has 144 valence electrons. The van der Waals surface area contributed by atoms with Crippen LogP contribution in [-0.2, 0) is 11.4 Å². The first kappa shape index (κ1) is 18.7. The van der Waals surface area contributed by atoms with Crippen LogP contribution in [-0.4, -0.2) is 22.3 Å². The Hall–Kier alpha value is -2.66. The van der Waals surface area contributed by atoms with Crippen LogP contribution in [0, 0.1) is 0 Å². The molecule has 0 saturated heterocycles. The highest BCUT2D eigenvalue weighted by molar-refractivity contribution is 7.80. The predicted octanol–water partition coefficient (Wildman–Crippen LogP) is 4.52. The number of carbonyl (C=O) groups excluding carboxylic acids is 1. The number of Topliss-reactive ketones (excluding diaryl/α,β-unsaturated/α-hetero) is 1. The van der Waals surface area contributed by atoms with Gasteiger partial charge in [-0.3, -0.25) is 4.79 Å². The van der Waals surface area contributed by atoms with E-state index in [2.05, 4.69) is 17.1 Å². The fraction of sp³-hybridized carbons (Fsp3) is 0.304. The lowest BCUT2D eigenvalue weighted by Crippen LogP contribution is -2.49. The van der Waals surface area contributed by atoms with E-state index in [9.17, 15) is 4.79 Å². The molecule has 4 nitrogen and oxygen atoms in total. The number of ether oxygens (including phenoxy) is 1. The normalized spacial score (nSPS) is 19.3. The predicted molar refractivity (Wildman–Crippen MR) is 114 cm³/mol. The van der Waals surface area contributed by atoms with E-state index in [1.165, 1.54) is 0 Å². The van der Waals surface area contributed by atoms with Gasteiger partial charge in [0.15, 0.2) is 10.9 Å². The highest BCUT2D eigenvalue weighted by atomic mass is 32.1. The number of benzene rings is 2. The number of hydrogen-bond donors (Lipinski definition) is 1. The largest absolute Gasteiger partial charge is 0.489 e. The monoisotopic (exact) mass is 392 g/mol. The molecular weight excluding hydrogens is 368 g/mol. The van der Waals surface area contributed by atoms with E-state index in [4.69, 9.17) is 17.0 Å². The Balaban J connectivity index is 1.56. The molecule has 0 fully saturated rings. The Morgan fingerprint density at radius 1 is 1.11 bits per heavy atom. The van der Waals surface area contributed by atoms with Gasteiger partial charge in [-0.2, -0.15) is 0 Å². The quantitative estimate of drug-likeness (QED) is 0.758. The van der Waals surface area contributed by atoms with E-state index in [1.54, 1.807) is 0 Å². The summed E-state index contributed by atoms with van der Waals surface area (Å²) in [6.07, 6.45) is 2.42. The molecule has 0 spiro atoms. The first-order valence-electron chi connectivity index (χ1n) is 9.78. The Labute approximate surface area is 171 Å². The van der Waals surface area contributed by atoms with Gasteiger partial charge in [0.1, 0.15) is 12.4 Å². The van der Waals surface area contributed by atoms with Gasteiger partial charge >= 0.3 is 0 Å². The van der Waals surface area contributed by atoms with Crippen molar-refractivity contribution in [1.29, 1.82) is 0 Å². The van der Waals surface area contributed by atoms with Crippen LogP contribution in [0.1, 0.15) is 43.4 Å². The van der Waals surface area contributed by atoms with E-state index >= 15 is 0 Å². The van der Waals surface area contributed by atoms with E-state index < -0.39 is 0 Å². The number of rotatable bonds is 5. The molecule has 1 aliphatic carbocycles. The van der Waals surface area contributed by atoms with Gasteiger partial charge in [-0.25, -0.2) is 0 Å². The molecule has 1 heterocycles. The molecule has 2 aromatic rings. The van der Waals surface area contributed by atoms with Crippen molar-refractivity contribution >= 4 is 23.1 Å². The summed E-state index contributed by atoms with van der Waals surface area (Å²) >= 11 is 5.58. The van der Waals surface area contributed by atoms with Gasteiger partial charge < -0.3 is 15.0 Å². The van der Waals surface area contributed by atoms with Gasteiger partial charge in [0.05, 0.1) is 6.04 Å². The molecular formula is C23H24N2O2S. The molecule has 0 amide bonds. The maximum absolute atomic E-state index is 12.7. The third-order valence-electron chi connectivity index (χ3n) is 5.33. The molecule has 28 heavy (non-hydrogen) atoms.